The molecule has 0 aromatic heterocycles. The molecule has 0 spiro atoms. The fourth-order valence-corrected chi connectivity index (χ4v) is 2.43. The Morgan fingerprint density at radius 2 is 1.79 bits per heavy atom. The van der Waals surface area contributed by atoms with Crippen molar-refractivity contribution < 1.29 is 24.5 Å². The second kappa shape index (κ2) is 7.79. The highest BCUT2D eigenvalue weighted by Gasteiger charge is 2.19. The third-order valence-corrected chi connectivity index (χ3v) is 3.75. The van der Waals surface area contributed by atoms with Crippen LogP contribution in [0.5, 0.6) is 23.0 Å². The molecule has 7 heteroatoms. The lowest BCUT2D eigenvalue weighted by Crippen LogP contribution is -2.29. The van der Waals surface area contributed by atoms with Gasteiger partial charge in [0.1, 0.15) is 11.5 Å². The first kappa shape index (κ1) is 17.7. The number of aromatic hydroxyl groups is 2. The SMILES string of the molecule is COc1ccc(CN(CCl)C(=O)c2ccc(O)cc2O)cc1OC. The molecule has 0 heterocycles. The predicted octanol–water partition coefficient (Wildman–Crippen LogP) is 2.95. The Morgan fingerprint density at radius 3 is 2.38 bits per heavy atom. The van der Waals surface area contributed by atoms with Crippen LogP contribution in [0, 0.1) is 0 Å². The van der Waals surface area contributed by atoms with Crippen molar-refractivity contribution in [2.24, 2.45) is 0 Å². The number of ether oxygens (including phenoxy) is 2. The Bertz CT molecular complexity index is 735. The van der Waals surface area contributed by atoms with Gasteiger partial charge in [-0.25, -0.2) is 0 Å². The van der Waals surface area contributed by atoms with Crippen LogP contribution in [0.4, 0.5) is 0 Å². The minimum absolute atomic E-state index is 0.0620. The lowest BCUT2D eigenvalue weighted by Gasteiger charge is -2.21. The third-order valence-electron chi connectivity index (χ3n) is 3.46. The Labute approximate surface area is 144 Å². The molecule has 0 aliphatic rings. The quantitative estimate of drug-likeness (QED) is 0.618. The minimum Gasteiger partial charge on any atom is -0.508 e. The van der Waals surface area contributed by atoms with Crippen LogP contribution in [0.15, 0.2) is 36.4 Å². The predicted molar refractivity (Wildman–Crippen MR) is 89.9 cm³/mol. The molecule has 0 unspecified atom stereocenters. The first-order chi connectivity index (χ1) is 11.5. The number of halogens is 1. The summed E-state index contributed by atoms with van der Waals surface area (Å²) in [5, 5.41) is 19.2. The zero-order valence-corrected chi connectivity index (χ0v) is 14.1. The summed E-state index contributed by atoms with van der Waals surface area (Å²) in [6.45, 7) is 0.225. The van der Waals surface area contributed by atoms with E-state index in [4.69, 9.17) is 21.1 Å². The lowest BCUT2D eigenvalue weighted by atomic mass is 10.1. The summed E-state index contributed by atoms with van der Waals surface area (Å²) in [5.41, 5.74) is 0.855. The van der Waals surface area contributed by atoms with Crippen LogP contribution in [0.25, 0.3) is 0 Å². The van der Waals surface area contributed by atoms with E-state index in [1.807, 2.05) is 0 Å². The van der Waals surface area contributed by atoms with E-state index in [0.717, 1.165) is 11.6 Å². The Kier molecular flexibility index (Phi) is 5.76. The summed E-state index contributed by atoms with van der Waals surface area (Å²) in [7, 11) is 3.07. The molecule has 0 saturated heterocycles. The summed E-state index contributed by atoms with van der Waals surface area (Å²) >= 11 is 5.90. The van der Waals surface area contributed by atoms with Crippen molar-refractivity contribution in [2.75, 3.05) is 20.2 Å². The normalized spacial score (nSPS) is 10.3. The molecule has 0 aliphatic carbocycles. The number of nitrogens with zero attached hydrogens (tertiary/aromatic N) is 1. The van der Waals surface area contributed by atoms with Crippen molar-refractivity contribution in [1.29, 1.82) is 0 Å². The topological polar surface area (TPSA) is 79.2 Å². The number of rotatable bonds is 6. The van der Waals surface area contributed by atoms with Gasteiger partial charge < -0.3 is 24.6 Å². The van der Waals surface area contributed by atoms with Gasteiger partial charge in [-0.1, -0.05) is 6.07 Å². The Balaban J connectivity index is 2.24. The van der Waals surface area contributed by atoms with E-state index >= 15 is 0 Å². The van der Waals surface area contributed by atoms with Gasteiger partial charge in [0.15, 0.2) is 11.5 Å². The van der Waals surface area contributed by atoms with Gasteiger partial charge in [0, 0.05) is 12.6 Å². The summed E-state index contributed by atoms with van der Waals surface area (Å²) < 4.78 is 10.4. The number of benzene rings is 2. The molecule has 0 bridgehead atoms. The average molecular weight is 352 g/mol. The van der Waals surface area contributed by atoms with Crippen molar-refractivity contribution in [1.82, 2.24) is 4.90 Å². The second-order valence-electron chi connectivity index (χ2n) is 5.01. The number of hydrogen-bond acceptors (Lipinski definition) is 5. The van der Waals surface area contributed by atoms with E-state index in [0.29, 0.717) is 11.5 Å². The highest BCUT2D eigenvalue weighted by atomic mass is 35.5. The molecule has 24 heavy (non-hydrogen) atoms. The third kappa shape index (κ3) is 3.83. The van der Waals surface area contributed by atoms with Crippen molar-refractivity contribution in [3.63, 3.8) is 0 Å². The van der Waals surface area contributed by atoms with E-state index in [1.165, 1.54) is 24.1 Å². The molecule has 2 aromatic carbocycles. The van der Waals surface area contributed by atoms with Crippen LogP contribution < -0.4 is 9.47 Å². The fraction of sp³-hybridized carbons (Fsp3) is 0.235. The fourth-order valence-electron chi connectivity index (χ4n) is 2.24. The van der Waals surface area contributed by atoms with Gasteiger partial charge in [-0.05, 0) is 29.8 Å². The van der Waals surface area contributed by atoms with Gasteiger partial charge in [0.05, 0.1) is 25.8 Å². The molecule has 1 amide bonds. The van der Waals surface area contributed by atoms with Crippen LogP contribution >= 0.6 is 11.6 Å². The van der Waals surface area contributed by atoms with Gasteiger partial charge in [0.2, 0.25) is 0 Å². The molecule has 0 atom stereocenters. The Morgan fingerprint density at radius 1 is 1.08 bits per heavy atom. The smallest absolute Gasteiger partial charge is 0.258 e. The number of hydrogen-bond donors (Lipinski definition) is 2. The maximum atomic E-state index is 12.5. The van der Waals surface area contributed by atoms with E-state index in [9.17, 15) is 15.0 Å². The molecule has 0 aliphatic heterocycles. The first-order valence-electron chi connectivity index (χ1n) is 7.08. The summed E-state index contributed by atoms with van der Waals surface area (Å²) in [6.07, 6.45) is 0. The van der Waals surface area contributed by atoms with Gasteiger partial charge in [-0.3, -0.25) is 4.79 Å². The second-order valence-corrected chi connectivity index (χ2v) is 5.25. The van der Waals surface area contributed by atoms with Crippen LogP contribution in [0.1, 0.15) is 15.9 Å². The minimum atomic E-state index is -0.447. The van der Waals surface area contributed by atoms with Gasteiger partial charge in [-0.15, -0.1) is 11.6 Å². The largest absolute Gasteiger partial charge is 0.508 e. The lowest BCUT2D eigenvalue weighted by molar-refractivity contribution is 0.0770. The number of phenols is 2. The van der Waals surface area contributed by atoms with Crippen molar-refractivity contribution in [3.8, 4) is 23.0 Å². The number of carbonyl (C=O) groups is 1. The first-order valence-corrected chi connectivity index (χ1v) is 7.61. The van der Waals surface area contributed by atoms with Crippen LogP contribution in [-0.4, -0.2) is 41.2 Å². The summed E-state index contributed by atoms with van der Waals surface area (Å²) in [5.74, 6) is 0.256. The highest BCUT2D eigenvalue weighted by Crippen LogP contribution is 2.29. The van der Waals surface area contributed by atoms with Gasteiger partial charge in [-0.2, -0.15) is 0 Å². The van der Waals surface area contributed by atoms with Crippen LogP contribution in [0.3, 0.4) is 0 Å². The number of amides is 1. The molecule has 0 radical (unpaired) electrons. The number of alkyl halides is 1. The van der Waals surface area contributed by atoms with Crippen molar-refractivity contribution in [3.05, 3.63) is 47.5 Å². The molecule has 0 saturated carbocycles. The molecule has 6 nitrogen and oxygen atoms in total. The van der Waals surface area contributed by atoms with Gasteiger partial charge in [0.25, 0.3) is 5.91 Å². The van der Waals surface area contributed by atoms with E-state index in [-0.39, 0.29) is 29.6 Å². The zero-order chi connectivity index (χ0) is 17.7. The van der Waals surface area contributed by atoms with E-state index in [1.54, 1.807) is 25.3 Å². The van der Waals surface area contributed by atoms with Gasteiger partial charge >= 0.3 is 0 Å². The number of carbonyl (C=O) groups excluding carboxylic acids is 1. The molecular formula is C17H18ClNO5. The van der Waals surface area contributed by atoms with Crippen LogP contribution in [-0.2, 0) is 6.54 Å². The van der Waals surface area contributed by atoms with Crippen molar-refractivity contribution >= 4 is 17.5 Å². The molecule has 2 rings (SSSR count). The molecule has 0 fully saturated rings. The zero-order valence-electron chi connectivity index (χ0n) is 13.3. The molecular weight excluding hydrogens is 334 g/mol. The number of phenolic OH excluding ortho intramolecular Hbond substituents is 2. The summed E-state index contributed by atoms with van der Waals surface area (Å²) in [6, 6.07) is 9.01. The molecule has 2 N–H and O–H groups in total. The maximum absolute atomic E-state index is 12.5. The van der Waals surface area contributed by atoms with Crippen LogP contribution in [0.2, 0.25) is 0 Å². The standard InChI is InChI=1S/C17H18ClNO5/c1-23-15-6-3-11(7-16(15)24-2)9-19(10-18)17(22)13-5-4-12(20)8-14(13)21/h3-8,20-21H,9-10H2,1-2H3. The van der Waals surface area contributed by atoms with E-state index in [2.05, 4.69) is 0 Å². The van der Waals surface area contributed by atoms with E-state index < -0.39 is 5.91 Å². The maximum Gasteiger partial charge on any atom is 0.258 e. The molecule has 2 aromatic rings. The summed E-state index contributed by atoms with van der Waals surface area (Å²) in [4.78, 5) is 13.9. The van der Waals surface area contributed by atoms with Crippen molar-refractivity contribution in [2.45, 2.75) is 6.54 Å². The monoisotopic (exact) mass is 351 g/mol. The average Bonchev–Trinajstić information content (AvgIpc) is 2.58. The highest BCUT2D eigenvalue weighted by molar-refractivity contribution is 6.19. The Hall–Kier alpha value is -2.60. The number of methoxy groups -OCH3 is 2. The molecule has 128 valence electrons.